The standard InChI is InChI=1S/C22H29FN2O2/c23-22(9-10-22)20(27)25-14-21(15-25)8-5-17(13-21)24-11-6-16(7-12-24)18-3-1-2-4-19(18)26/h1-4,16-17,26H,5-15H2. The molecule has 1 N–H and O–H groups in total. The summed E-state index contributed by atoms with van der Waals surface area (Å²) in [5.41, 5.74) is -0.168. The zero-order chi connectivity index (χ0) is 18.6. The molecule has 146 valence electrons. The molecule has 2 saturated heterocycles. The van der Waals surface area contributed by atoms with Gasteiger partial charge in [0.05, 0.1) is 0 Å². The zero-order valence-corrected chi connectivity index (χ0v) is 15.9. The number of phenolic OH excluding ortho intramolecular Hbond substituents is 1. The summed E-state index contributed by atoms with van der Waals surface area (Å²) in [6, 6.07) is 8.34. The first-order valence-corrected chi connectivity index (χ1v) is 10.5. The molecule has 1 spiro atoms. The van der Waals surface area contributed by atoms with Gasteiger partial charge >= 0.3 is 0 Å². The molecule has 2 aliphatic heterocycles. The summed E-state index contributed by atoms with van der Waals surface area (Å²) in [6.45, 7) is 3.69. The van der Waals surface area contributed by atoms with E-state index in [1.54, 1.807) is 11.0 Å². The number of halogens is 1. The first kappa shape index (κ1) is 17.5. The van der Waals surface area contributed by atoms with Gasteiger partial charge in [0.1, 0.15) is 5.75 Å². The molecule has 0 aromatic heterocycles. The molecule has 2 saturated carbocycles. The molecule has 1 aromatic carbocycles. The number of benzene rings is 1. The summed E-state index contributed by atoms with van der Waals surface area (Å²) >= 11 is 0. The number of aromatic hydroxyl groups is 1. The van der Waals surface area contributed by atoms with Crippen molar-refractivity contribution in [3.63, 3.8) is 0 Å². The maximum Gasteiger partial charge on any atom is 0.260 e. The molecular formula is C22H29FN2O2. The minimum atomic E-state index is -1.51. The van der Waals surface area contributed by atoms with Gasteiger partial charge < -0.3 is 14.9 Å². The van der Waals surface area contributed by atoms with Gasteiger partial charge in [0, 0.05) is 24.5 Å². The molecule has 1 amide bonds. The van der Waals surface area contributed by atoms with Gasteiger partial charge in [-0.3, -0.25) is 4.79 Å². The Labute approximate surface area is 160 Å². The highest BCUT2D eigenvalue weighted by molar-refractivity contribution is 5.88. The lowest BCUT2D eigenvalue weighted by Crippen LogP contribution is -2.60. The second-order valence-electron chi connectivity index (χ2n) is 9.39. The molecule has 1 aromatic rings. The predicted octanol–water partition coefficient (Wildman–Crippen LogP) is 3.45. The minimum Gasteiger partial charge on any atom is -0.508 e. The number of nitrogens with zero attached hydrogens (tertiary/aromatic N) is 2. The average Bonchev–Trinajstić information content (AvgIpc) is 3.25. The second kappa shape index (κ2) is 6.20. The summed E-state index contributed by atoms with van der Waals surface area (Å²) in [5, 5.41) is 10.1. The molecule has 0 bridgehead atoms. The number of para-hydroxylation sites is 1. The fraction of sp³-hybridized carbons (Fsp3) is 0.682. The molecule has 2 heterocycles. The molecule has 1 atom stereocenters. The third kappa shape index (κ3) is 3.04. The number of piperidine rings is 1. The first-order chi connectivity index (χ1) is 13.0. The van der Waals surface area contributed by atoms with Crippen LogP contribution in [0.15, 0.2) is 24.3 Å². The van der Waals surface area contributed by atoms with E-state index in [0.29, 0.717) is 30.6 Å². The molecule has 5 heteroatoms. The fourth-order valence-electron chi connectivity index (χ4n) is 5.70. The Hall–Kier alpha value is -1.62. The van der Waals surface area contributed by atoms with Gasteiger partial charge in [-0.05, 0) is 75.6 Å². The predicted molar refractivity (Wildman–Crippen MR) is 101 cm³/mol. The van der Waals surface area contributed by atoms with Crippen LogP contribution in [-0.4, -0.2) is 58.7 Å². The van der Waals surface area contributed by atoms with Crippen LogP contribution >= 0.6 is 0 Å². The lowest BCUT2D eigenvalue weighted by atomic mass is 9.77. The number of amides is 1. The zero-order valence-electron chi connectivity index (χ0n) is 15.9. The molecule has 0 radical (unpaired) electrons. The van der Waals surface area contributed by atoms with E-state index in [2.05, 4.69) is 11.0 Å². The molecular weight excluding hydrogens is 343 g/mol. The highest BCUT2D eigenvalue weighted by Crippen LogP contribution is 2.51. The lowest BCUT2D eigenvalue weighted by Gasteiger charge is -2.49. The van der Waals surface area contributed by atoms with Crippen molar-refractivity contribution in [1.29, 1.82) is 0 Å². The van der Waals surface area contributed by atoms with Crippen LogP contribution in [0.4, 0.5) is 4.39 Å². The van der Waals surface area contributed by atoms with Gasteiger partial charge in [-0.2, -0.15) is 0 Å². The summed E-state index contributed by atoms with van der Waals surface area (Å²) in [7, 11) is 0. The van der Waals surface area contributed by atoms with Gasteiger partial charge in [-0.1, -0.05) is 18.2 Å². The van der Waals surface area contributed by atoms with E-state index in [9.17, 15) is 14.3 Å². The topological polar surface area (TPSA) is 43.8 Å². The van der Waals surface area contributed by atoms with Gasteiger partial charge in [-0.15, -0.1) is 0 Å². The fourth-order valence-corrected chi connectivity index (χ4v) is 5.70. The molecule has 27 heavy (non-hydrogen) atoms. The Morgan fingerprint density at radius 3 is 2.44 bits per heavy atom. The van der Waals surface area contributed by atoms with E-state index in [0.717, 1.165) is 51.0 Å². The van der Waals surface area contributed by atoms with Crippen molar-refractivity contribution in [1.82, 2.24) is 9.80 Å². The Morgan fingerprint density at radius 1 is 1.07 bits per heavy atom. The molecule has 4 fully saturated rings. The molecule has 5 rings (SSSR count). The van der Waals surface area contributed by atoms with E-state index < -0.39 is 5.67 Å². The number of alkyl halides is 1. The third-order valence-corrected chi connectivity index (χ3v) is 7.51. The van der Waals surface area contributed by atoms with Crippen molar-refractivity contribution < 1.29 is 14.3 Å². The Balaban J connectivity index is 1.14. The normalized spacial score (nSPS) is 29.7. The summed E-state index contributed by atoms with van der Waals surface area (Å²) < 4.78 is 14.0. The van der Waals surface area contributed by atoms with E-state index >= 15 is 0 Å². The Bertz CT molecular complexity index is 734. The maximum absolute atomic E-state index is 14.0. The number of hydrogen-bond acceptors (Lipinski definition) is 3. The maximum atomic E-state index is 14.0. The van der Waals surface area contributed by atoms with Crippen LogP contribution < -0.4 is 0 Å². The van der Waals surface area contributed by atoms with Crippen molar-refractivity contribution in [3.8, 4) is 5.75 Å². The number of carbonyl (C=O) groups excluding carboxylic acids is 1. The number of likely N-dealkylation sites (tertiary alicyclic amines) is 2. The largest absolute Gasteiger partial charge is 0.508 e. The van der Waals surface area contributed by atoms with Crippen molar-refractivity contribution in [2.24, 2.45) is 5.41 Å². The Kier molecular flexibility index (Phi) is 4.01. The average molecular weight is 372 g/mol. The van der Waals surface area contributed by atoms with Gasteiger partial charge in [-0.25, -0.2) is 4.39 Å². The van der Waals surface area contributed by atoms with Crippen LogP contribution in [0, 0.1) is 5.41 Å². The van der Waals surface area contributed by atoms with Crippen LogP contribution in [0.1, 0.15) is 56.4 Å². The van der Waals surface area contributed by atoms with Crippen molar-refractivity contribution >= 4 is 5.91 Å². The van der Waals surface area contributed by atoms with Crippen LogP contribution in [0.2, 0.25) is 0 Å². The first-order valence-electron chi connectivity index (χ1n) is 10.5. The number of hydrogen-bond donors (Lipinski definition) is 1. The third-order valence-electron chi connectivity index (χ3n) is 7.51. The summed E-state index contributed by atoms with van der Waals surface area (Å²) in [5.74, 6) is 0.630. The highest BCUT2D eigenvalue weighted by Gasteiger charge is 2.58. The number of phenols is 1. The van der Waals surface area contributed by atoms with E-state index in [1.165, 1.54) is 12.8 Å². The van der Waals surface area contributed by atoms with E-state index in [4.69, 9.17) is 0 Å². The molecule has 2 aliphatic carbocycles. The molecule has 1 unspecified atom stereocenters. The number of rotatable bonds is 3. The summed E-state index contributed by atoms with van der Waals surface area (Å²) in [4.78, 5) is 16.5. The van der Waals surface area contributed by atoms with E-state index in [-0.39, 0.29) is 11.3 Å². The smallest absolute Gasteiger partial charge is 0.260 e. The minimum absolute atomic E-state index is 0.250. The number of carbonyl (C=O) groups is 1. The van der Waals surface area contributed by atoms with Crippen molar-refractivity contribution in [3.05, 3.63) is 29.8 Å². The van der Waals surface area contributed by atoms with E-state index in [1.807, 2.05) is 12.1 Å². The lowest BCUT2D eigenvalue weighted by molar-refractivity contribution is -0.150. The second-order valence-corrected chi connectivity index (χ2v) is 9.39. The molecule has 4 nitrogen and oxygen atoms in total. The van der Waals surface area contributed by atoms with Crippen LogP contribution in [0.25, 0.3) is 0 Å². The summed E-state index contributed by atoms with van der Waals surface area (Å²) in [6.07, 6.45) is 6.54. The quantitative estimate of drug-likeness (QED) is 0.884. The van der Waals surface area contributed by atoms with Crippen molar-refractivity contribution in [2.45, 2.75) is 62.6 Å². The van der Waals surface area contributed by atoms with Crippen LogP contribution in [0.3, 0.4) is 0 Å². The SMILES string of the molecule is O=C(N1CC2(CCC(N3CCC(c4ccccc4O)CC3)C2)C1)C1(F)CC1. The molecule has 4 aliphatic rings. The van der Waals surface area contributed by atoms with Gasteiger partial charge in [0.2, 0.25) is 0 Å². The monoisotopic (exact) mass is 372 g/mol. The Morgan fingerprint density at radius 2 is 1.78 bits per heavy atom. The van der Waals surface area contributed by atoms with Gasteiger partial charge in [0.15, 0.2) is 5.67 Å². The van der Waals surface area contributed by atoms with Gasteiger partial charge in [0.25, 0.3) is 5.91 Å². The highest BCUT2D eigenvalue weighted by atomic mass is 19.1. The van der Waals surface area contributed by atoms with Crippen LogP contribution in [0.5, 0.6) is 5.75 Å². The van der Waals surface area contributed by atoms with Crippen LogP contribution in [-0.2, 0) is 4.79 Å². The van der Waals surface area contributed by atoms with Crippen molar-refractivity contribution in [2.75, 3.05) is 26.2 Å².